The van der Waals surface area contributed by atoms with E-state index >= 15 is 0 Å². The zero-order valence-electron chi connectivity index (χ0n) is 16.3. The molecule has 3 heterocycles. The number of nitrogens with zero attached hydrogens (tertiary/aromatic N) is 4. The van der Waals surface area contributed by atoms with Gasteiger partial charge in [0.2, 0.25) is 0 Å². The third-order valence-electron chi connectivity index (χ3n) is 5.96. The van der Waals surface area contributed by atoms with Crippen molar-refractivity contribution in [1.29, 1.82) is 0 Å². The van der Waals surface area contributed by atoms with Gasteiger partial charge in [0.25, 0.3) is 0 Å². The number of likely N-dealkylation sites (tertiary alicyclic amines) is 1. The summed E-state index contributed by atoms with van der Waals surface area (Å²) >= 11 is 0. The molecule has 28 heavy (non-hydrogen) atoms. The molecule has 0 aromatic carbocycles. The van der Waals surface area contributed by atoms with Crippen molar-refractivity contribution in [2.24, 2.45) is 5.41 Å². The van der Waals surface area contributed by atoms with Gasteiger partial charge in [-0.15, -0.1) is 0 Å². The zero-order chi connectivity index (χ0) is 20.2. The fourth-order valence-corrected chi connectivity index (χ4v) is 4.86. The van der Waals surface area contributed by atoms with Crippen molar-refractivity contribution in [3.63, 3.8) is 0 Å². The van der Waals surface area contributed by atoms with Crippen molar-refractivity contribution in [1.82, 2.24) is 14.9 Å². The molecule has 4 nitrogen and oxygen atoms in total. The maximum Gasteiger partial charge on any atom is 0.392 e. The lowest BCUT2D eigenvalue weighted by Gasteiger charge is -2.55. The topological polar surface area (TPSA) is 32.3 Å². The minimum atomic E-state index is -4.21. The smallest absolute Gasteiger partial charge is 0.356 e. The monoisotopic (exact) mass is 398 g/mol. The van der Waals surface area contributed by atoms with Crippen molar-refractivity contribution < 1.29 is 17.6 Å². The summed E-state index contributed by atoms with van der Waals surface area (Å²) in [6.45, 7) is 7.16. The van der Waals surface area contributed by atoms with Gasteiger partial charge in [0.05, 0.1) is 12.1 Å². The summed E-state index contributed by atoms with van der Waals surface area (Å²) in [7, 11) is 0. The summed E-state index contributed by atoms with van der Waals surface area (Å²) in [5.41, 5.74) is 0.845. The van der Waals surface area contributed by atoms with Crippen molar-refractivity contribution in [2.75, 3.05) is 37.6 Å². The molecule has 0 bridgehead atoms. The Morgan fingerprint density at radius 2 is 1.75 bits per heavy atom. The van der Waals surface area contributed by atoms with Crippen LogP contribution in [-0.2, 0) is 6.42 Å². The number of halogens is 4. The van der Waals surface area contributed by atoms with Gasteiger partial charge in [0, 0.05) is 44.7 Å². The fraction of sp³-hybridized carbons (Fsp3) is 0.700. The number of aromatic nitrogens is 2. The number of allylic oxidation sites excluding steroid dienone is 1. The molecule has 1 aliphatic carbocycles. The molecule has 4 rings (SSSR count). The molecular formula is C20H26F4N4. The van der Waals surface area contributed by atoms with Crippen LogP contribution in [-0.4, -0.2) is 59.4 Å². The second-order valence-corrected chi connectivity index (χ2v) is 9.18. The number of anilines is 1. The van der Waals surface area contributed by atoms with E-state index in [0.29, 0.717) is 17.8 Å². The Morgan fingerprint density at radius 1 is 1.07 bits per heavy atom. The van der Waals surface area contributed by atoms with Gasteiger partial charge in [-0.3, -0.25) is 4.90 Å². The lowest BCUT2D eigenvalue weighted by atomic mass is 9.71. The SMILES string of the molecule is CC(C)(F)CN1CC2(CCN(c3ncnc4c3C=C(CC(F)(F)F)C4)CC2)C1. The number of fused-ring (bicyclic) bond motifs is 1. The van der Waals surface area contributed by atoms with Crippen molar-refractivity contribution >= 4 is 11.9 Å². The molecule has 2 saturated heterocycles. The van der Waals surface area contributed by atoms with Crippen LogP contribution in [0.4, 0.5) is 23.4 Å². The standard InChI is InChI=1S/C20H26F4N4/c1-18(2,21)10-27-11-19(12-27)3-5-28(6-4-19)17-15-7-14(9-20(22,23)24)8-16(15)25-13-26-17/h7,13H,3-6,8-12H2,1-2H3. The average molecular weight is 398 g/mol. The Bertz CT molecular complexity index is 765. The van der Waals surface area contributed by atoms with Gasteiger partial charge in [-0.25, -0.2) is 14.4 Å². The quantitative estimate of drug-likeness (QED) is 0.718. The first-order valence-electron chi connectivity index (χ1n) is 9.78. The van der Waals surface area contributed by atoms with Gasteiger partial charge < -0.3 is 4.90 Å². The van der Waals surface area contributed by atoms with E-state index in [1.807, 2.05) is 0 Å². The largest absolute Gasteiger partial charge is 0.392 e. The summed E-state index contributed by atoms with van der Waals surface area (Å²) in [6, 6.07) is 0. The summed E-state index contributed by atoms with van der Waals surface area (Å²) in [5, 5.41) is 0. The summed E-state index contributed by atoms with van der Waals surface area (Å²) in [6.07, 6.45) is 0.211. The first-order valence-corrected chi connectivity index (χ1v) is 9.78. The van der Waals surface area contributed by atoms with Crippen LogP contribution in [0.2, 0.25) is 0 Å². The minimum Gasteiger partial charge on any atom is -0.356 e. The van der Waals surface area contributed by atoms with E-state index in [-0.39, 0.29) is 11.8 Å². The molecule has 0 unspecified atom stereocenters. The van der Waals surface area contributed by atoms with Crippen LogP contribution in [0.25, 0.3) is 6.08 Å². The van der Waals surface area contributed by atoms with Gasteiger partial charge in [0.15, 0.2) is 0 Å². The van der Waals surface area contributed by atoms with Crippen LogP contribution in [0.5, 0.6) is 0 Å². The van der Waals surface area contributed by atoms with Gasteiger partial charge in [0.1, 0.15) is 17.8 Å². The Hall–Kier alpha value is -1.70. The number of hydrogen-bond acceptors (Lipinski definition) is 4. The molecule has 0 saturated carbocycles. The number of piperidine rings is 1. The van der Waals surface area contributed by atoms with Crippen molar-refractivity contribution in [3.8, 4) is 0 Å². The van der Waals surface area contributed by atoms with E-state index in [4.69, 9.17) is 0 Å². The first-order chi connectivity index (χ1) is 13.0. The number of hydrogen-bond donors (Lipinski definition) is 0. The molecule has 1 aromatic heterocycles. The van der Waals surface area contributed by atoms with Crippen LogP contribution in [0, 0.1) is 5.41 Å². The summed E-state index contributed by atoms with van der Waals surface area (Å²) < 4.78 is 52.0. The number of alkyl halides is 4. The Balaban J connectivity index is 1.40. The highest BCUT2D eigenvalue weighted by atomic mass is 19.4. The third kappa shape index (κ3) is 4.16. The first kappa shape index (κ1) is 19.6. The van der Waals surface area contributed by atoms with E-state index in [0.717, 1.165) is 50.4 Å². The molecule has 3 aliphatic rings. The van der Waals surface area contributed by atoms with Crippen molar-refractivity contribution in [2.45, 2.75) is 51.4 Å². The minimum absolute atomic E-state index is 0.245. The summed E-state index contributed by atoms with van der Waals surface area (Å²) in [5.74, 6) is 0.748. The molecule has 0 N–H and O–H groups in total. The molecular weight excluding hydrogens is 372 g/mol. The van der Waals surface area contributed by atoms with E-state index in [1.54, 1.807) is 19.9 Å². The number of rotatable bonds is 4. The second kappa shape index (κ2) is 6.68. The van der Waals surface area contributed by atoms with Crippen LogP contribution < -0.4 is 4.90 Å². The van der Waals surface area contributed by atoms with E-state index in [1.165, 1.54) is 6.33 Å². The maximum absolute atomic E-state index is 13.8. The Morgan fingerprint density at radius 3 is 2.36 bits per heavy atom. The Labute approximate surface area is 162 Å². The molecule has 2 fully saturated rings. The predicted molar refractivity (Wildman–Crippen MR) is 99.9 cm³/mol. The van der Waals surface area contributed by atoms with Crippen LogP contribution in [0.3, 0.4) is 0 Å². The lowest BCUT2D eigenvalue weighted by molar-refractivity contribution is -0.127. The molecule has 0 radical (unpaired) electrons. The van der Waals surface area contributed by atoms with Crippen molar-refractivity contribution in [3.05, 3.63) is 23.2 Å². The van der Waals surface area contributed by atoms with Gasteiger partial charge in [-0.2, -0.15) is 13.2 Å². The molecule has 154 valence electrons. The maximum atomic E-state index is 13.8. The normalized spacial score (nSPS) is 22.2. The molecule has 2 aliphatic heterocycles. The fourth-order valence-electron chi connectivity index (χ4n) is 4.86. The van der Waals surface area contributed by atoms with E-state index in [9.17, 15) is 17.6 Å². The Kier molecular flexibility index (Phi) is 4.68. The van der Waals surface area contributed by atoms with Crippen LogP contribution in [0.15, 0.2) is 11.9 Å². The predicted octanol–water partition coefficient (Wildman–Crippen LogP) is 4.02. The lowest BCUT2D eigenvalue weighted by Crippen LogP contribution is -2.62. The second-order valence-electron chi connectivity index (χ2n) is 9.18. The molecule has 1 spiro atoms. The molecule has 0 amide bonds. The van der Waals surface area contributed by atoms with E-state index in [2.05, 4.69) is 19.8 Å². The molecule has 8 heteroatoms. The summed E-state index contributed by atoms with van der Waals surface area (Å²) in [4.78, 5) is 12.9. The van der Waals surface area contributed by atoms with Gasteiger partial charge >= 0.3 is 6.18 Å². The highest BCUT2D eigenvalue weighted by molar-refractivity contribution is 5.72. The van der Waals surface area contributed by atoms with Gasteiger partial charge in [-0.1, -0.05) is 5.57 Å². The third-order valence-corrected chi connectivity index (χ3v) is 5.96. The van der Waals surface area contributed by atoms with Crippen LogP contribution >= 0.6 is 0 Å². The van der Waals surface area contributed by atoms with Gasteiger partial charge in [-0.05, 0) is 38.2 Å². The highest BCUT2D eigenvalue weighted by Gasteiger charge is 2.46. The zero-order valence-corrected chi connectivity index (χ0v) is 16.3. The molecule has 0 atom stereocenters. The highest BCUT2D eigenvalue weighted by Crippen LogP contribution is 2.43. The average Bonchev–Trinajstić information content (AvgIpc) is 2.93. The van der Waals surface area contributed by atoms with Crippen LogP contribution in [0.1, 0.15) is 44.4 Å². The van der Waals surface area contributed by atoms with E-state index < -0.39 is 18.3 Å². The molecule has 1 aromatic rings.